The fourth-order valence-corrected chi connectivity index (χ4v) is 5.95. The molecule has 2 aliphatic heterocycles. The zero-order chi connectivity index (χ0) is 23.9. The van der Waals surface area contributed by atoms with E-state index in [1.54, 1.807) is 24.3 Å². The van der Waals surface area contributed by atoms with Crippen molar-refractivity contribution >= 4 is 23.2 Å². The Morgan fingerprint density at radius 1 is 1.09 bits per heavy atom. The van der Waals surface area contributed by atoms with Crippen molar-refractivity contribution in [3.8, 4) is 0 Å². The molecule has 2 amide bonds. The lowest BCUT2D eigenvalue weighted by atomic mass is 9.83. The van der Waals surface area contributed by atoms with Crippen LogP contribution in [0, 0.1) is 11.6 Å². The summed E-state index contributed by atoms with van der Waals surface area (Å²) in [4.78, 5) is 27.8. The SMILES string of the molecule is C[N+]1(CC(=O)c2ccsc2)CCC(N2CC(c3ccc(F)cc3)(c3ccc(F)cc3)NC2=O)C1.[I-]. The van der Waals surface area contributed by atoms with Crippen LogP contribution in [0.25, 0.3) is 0 Å². The van der Waals surface area contributed by atoms with Gasteiger partial charge in [0.2, 0.25) is 5.78 Å². The van der Waals surface area contributed by atoms with Crippen LogP contribution in [-0.4, -0.2) is 60.5 Å². The summed E-state index contributed by atoms with van der Waals surface area (Å²) in [5.41, 5.74) is 1.29. The summed E-state index contributed by atoms with van der Waals surface area (Å²) in [5, 5.41) is 6.90. The van der Waals surface area contributed by atoms with Gasteiger partial charge in [0, 0.05) is 17.4 Å². The van der Waals surface area contributed by atoms with Gasteiger partial charge in [0.05, 0.1) is 32.7 Å². The van der Waals surface area contributed by atoms with E-state index in [-0.39, 0.29) is 53.5 Å². The Hall–Kier alpha value is -2.37. The van der Waals surface area contributed by atoms with Crippen LogP contribution in [0.4, 0.5) is 13.6 Å². The van der Waals surface area contributed by atoms with E-state index < -0.39 is 5.54 Å². The number of urea groups is 1. The molecule has 2 aromatic carbocycles. The lowest BCUT2D eigenvalue weighted by molar-refractivity contribution is -0.890. The summed E-state index contributed by atoms with van der Waals surface area (Å²) in [7, 11) is 2.06. The van der Waals surface area contributed by atoms with Crippen LogP contribution >= 0.6 is 11.3 Å². The highest BCUT2D eigenvalue weighted by Crippen LogP contribution is 2.37. The smallest absolute Gasteiger partial charge is 0.319 e. The van der Waals surface area contributed by atoms with Crippen LogP contribution in [0.5, 0.6) is 0 Å². The Balaban J connectivity index is 0.00000289. The van der Waals surface area contributed by atoms with Crippen LogP contribution in [0.1, 0.15) is 27.9 Å². The molecular weight excluding hydrogens is 583 g/mol. The monoisotopic (exact) mass is 609 g/mol. The summed E-state index contributed by atoms with van der Waals surface area (Å²) in [6, 6.07) is 13.7. The molecule has 0 saturated carbocycles. The van der Waals surface area contributed by atoms with Gasteiger partial charge >= 0.3 is 6.03 Å². The van der Waals surface area contributed by atoms with Gasteiger partial charge in [0.15, 0.2) is 0 Å². The molecule has 2 aliphatic rings. The summed E-state index contributed by atoms with van der Waals surface area (Å²) in [5.74, 6) is -0.612. The van der Waals surface area contributed by atoms with Gasteiger partial charge in [-0.3, -0.25) is 4.79 Å². The van der Waals surface area contributed by atoms with Gasteiger partial charge in [0.25, 0.3) is 0 Å². The number of benzene rings is 2. The van der Waals surface area contributed by atoms with Crippen molar-refractivity contribution in [1.82, 2.24) is 10.2 Å². The number of carbonyl (C=O) groups excluding carboxylic acids is 2. The van der Waals surface area contributed by atoms with E-state index in [4.69, 9.17) is 0 Å². The molecular formula is C26H26F2IN3O2S. The van der Waals surface area contributed by atoms with Crippen LogP contribution < -0.4 is 29.3 Å². The van der Waals surface area contributed by atoms with Crippen molar-refractivity contribution in [3.63, 3.8) is 0 Å². The van der Waals surface area contributed by atoms with Crippen LogP contribution in [0.3, 0.4) is 0 Å². The van der Waals surface area contributed by atoms with Crippen LogP contribution in [-0.2, 0) is 5.54 Å². The first-order valence-electron chi connectivity index (χ1n) is 11.3. The van der Waals surface area contributed by atoms with E-state index in [1.807, 2.05) is 21.7 Å². The number of carbonyl (C=O) groups is 2. The normalized spacial score (nSPS) is 23.1. The zero-order valence-electron chi connectivity index (χ0n) is 19.2. The number of halogens is 3. The second-order valence-electron chi connectivity index (χ2n) is 9.54. The Labute approximate surface area is 224 Å². The van der Waals surface area contributed by atoms with E-state index in [9.17, 15) is 18.4 Å². The largest absolute Gasteiger partial charge is 1.00 e. The molecule has 2 atom stereocenters. The third kappa shape index (κ3) is 4.99. The molecule has 5 rings (SSSR count). The van der Waals surface area contributed by atoms with E-state index in [2.05, 4.69) is 12.4 Å². The molecule has 3 heterocycles. The minimum absolute atomic E-state index is 0. The van der Waals surface area contributed by atoms with Crippen molar-refractivity contribution in [2.24, 2.45) is 0 Å². The first kappa shape index (κ1) is 25.7. The number of rotatable bonds is 6. The van der Waals surface area contributed by atoms with Gasteiger partial charge in [-0.15, -0.1) is 0 Å². The maximum absolute atomic E-state index is 13.7. The van der Waals surface area contributed by atoms with Crippen LogP contribution in [0.2, 0.25) is 0 Å². The van der Waals surface area contributed by atoms with Crippen molar-refractivity contribution in [2.75, 3.05) is 33.2 Å². The number of nitrogens with zero attached hydrogens (tertiary/aromatic N) is 2. The van der Waals surface area contributed by atoms with Crippen molar-refractivity contribution in [2.45, 2.75) is 18.0 Å². The number of hydrogen-bond donors (Lipinski definition) is 1. The lowest BCUT2D eigenvalue weighted by Gasteiger charge is -2.32. The molecule has 2 saturated heterocycles. The maximum atomic E-state index is 13.7. The van der Waals surface area contributed by atoms with E-state index in [1.165, 1.54) is 35.6 Å². The molecule has 184 valence electrons. The van der Waals surface area contributed by atoms with Gasteiger partial charge < -0.3 is 38.7 Å². The molecule has 2 unspecified atom stereocenters. The molecule has 0 bridgehead atoms. The molecule has 2 fully saturated rings. The molecule has 3 aromatic rings. The number of hydrogen-bond acceptors (Lipinski definition) is 3. The number of quaternary nitrogens is 1. The third-order valence-corrected chi connectivity index (χ3v) is 7.81. The summed E-state index contributed by atoms with van der Waals surface area (Å²) < 4.78 is 27.9. The highest BCUT2D eigenvalue weighted by molar-refractivity contribution is 7.08. The predicted octanol–water partition coefficient (Wildman–Crippen LogP) is 1.40. The van der Waals surface area contributed by atoms with Gasteiger partial charge in [0.1, 0.15) is 23.7 Å². The maximum Gasteiger partial charge on any atom is 0.319 e. The zero-order valence-corrected chi connectivity index (χ0v) is 22.2. The van der Waals surface area contributed by atoms with E-state index >= 15 is 0 Å². The molecule has 1 N–H and O–H groups in total. The first-order chi connectivity index (χ1) is 16.3. The van der Waals surface area contributed by atoms with Crippen molar-refractivity contribution in [1.29, 1.82) is 0 Å². The highest BCUT2D eigenvalue weighted by Gasteiger charge is 2.50. The fraction of sp³-hybridized carbons (Fsp3) is 0.308. The number of amides is 2. The number of thiophene rings is 1. The fourth-order valence-electron chi connectivity index (χ4n) is 5.29. The second-order valence-corrected chi connectivity index (χ2v) is 10.3. The van der Waals surface area contributed by atoms with Gasteiger partial charge in [-0.05, 0) is 46.8 Å². The number of Topliss-reactive ketones (excluding diaryl/α,β-unsaturated/α-hetero) is 1. The molecule has 0 aliphatic carbocycles. The molecule has 0 radical (unpaired) electrons. The number of likely N-dealkylation sites (tertiary alicyclic amines) is 1. The predicted molar refractivity (Wildman–Crippen MR) is 127 cm³/mol. The number of nitrogens with one attached hydrogen (secondary N) is 1. The average molecular weight is 609 g/mol. The topological polar surface area (TPSA) is 49.4 Å². The third-order valence-electron chi connectivity index (χ3n) is 7.13. The van der Waals surface area contributed by atoms with Crippen molar-refractivity contribution < 1.29 is 46.8 Å². The number of ketones is 1. The molecule has 35 heavy (non-hydrogen) atoms. The Morgan fingerprint density at radius 2 is 1.69 bits per heavy atom. The minimum atomic E-state index is -0.920. The first-order valence-corrected chi connectivity index (χ1v) is 12.2. The second kappa shape index (κ2) is 9.94. The summed E-state index contributed by atoms with van der Waals surface area (Å²) in [6.07, 6.45) is 0.782. The van der Waals surface area contributed by atoms with E-state index in [0.717, 1.165) is 29.7 Å². The lowest BCUT2D eigenvalue weighted by Crippen LogP contribution is -3.00. The molecule has 5 nitrogen and oxygen atoms in total. The minimum Gasteiger partial charge on any atom is -1.00 e. The standard InChI is InChI=1S/C26H25F2N3O2S.HI/c1-31(15-24(32)18-11-13-34-16-18)12-10-23(14-31)30-17-26(29-25(30)33,19-2-6-21(27)7-3-19)20-4-8-22(28)9-5-20;/h2-9,11,13,16,23H,10,12,14-15,17H2,1H3;1H. The van der Waals surface area contributed by atoms with Crippen LogP contribution in [0.15, 0.2) is 65.4 Å². The summed E-state index contributed by atoms with van der Waals surface area (Å²) in [6.45, 7) is 2.20. The van der Waals surface area contributed by atoms with Gasteiger partial charge in [-0.1, -0.05) is 24.3 Å². The molecule has 9 heteroatoms. The molecule has 0 spiro atoms. The molecule has 1 aromatic heterocycles. The van der Waals surface area contributed by atoms with Gasteiger partial charge in [-0.2, -0.15) is 11.3 Å². The van der Waals surface area contributed by atoms with Crippen molar-refractivity contribution in [3.05, 3.63) is 93.7 Å². The highest BCUT2D eigenvalue weighted by atomic mass is 127. The van der Waals surface area contributed by atoms with Gasteiger partial charge in [-0.25, -0.2) is 13.6 Å². The Bertz CT molecular complexity index is 1160. The summed E-state index contributed by atoms with van der Waals surface area (Å²) >= 11 is 1.51. The quantitative estimate of drug-likeness (QED) is 0.261. The Kier molecular flexibility index (Phi) is 7.31. The van der Waals surface area contributed by atoms with E-state index in [0.29, 0.717) is 24.1 Å². The average Bonchev–Trinajstić information content (AvgIpc) is 3.54. The number of likely N-dealkylation sites (N-methyl/N-ethyl adjacent to an activating group) is 1. The Morgan fingerprint density at radius 3 is 2.23 bits per heavy atom.